The van der Waals surface area contributed by atoms with E-state index >= 15 is 0 Å². The van der Waals surface area contributed by atoms with Crippen LogP contribution in [0.4, 0.5) is 5.69 Å². The van der Waals surface area contributed by atoms with Gasteiger partial charge in [0.25, 0.3) is 0 Å². The molecule has 1 heterocycles. The minimum absolute atomic E-state index is 1.08. The zero-order valence-electron chi connectivity index (χ0n) is 12.9. The Hall–Kier alpha value is -2.28. The van der Waals surface area contributed by atoms with E-state index in [1.54, 1.807) is 0 Å². The fourth-order valence-electron chi connectivity index (χ4n) is 4.24. The highest BCUT2D eigenvalue weighted by Crippen LogP contribution is 2.42. The molecule has 1 heteroatoms. The summed E-state index contributed by atoms with van der Waals surface area (Å²) in [6.45, 7) is 4.53. The van der Waals surface area contributed by atoms with Gasteiger partial charge in [-0.2, -0.15) is 0 Å². The Labute approximate surface area is 131 Å². The molecule has 0 N–H and O–H groups in total. The van der Waals surface area contributed by atoms with Crippen molar-refractivity contribution in [3.63, 3.8) is 0 Å². The number of benzene rings is 3. The molecule has 0 atom stereocenters. The van der Waals surface area contributed by atoms with Crippen LogP contribution in [0.1, 0.15) is 23.6 Å². The van der Waals surface area contributed by atoms with Gasteiger partial charge in [0.2, 0.25) is 0 Å². The fourth-order valence-corrected chi connectivity index (χ4v) is 4.24. The molecule has 22 heavy (non-hydrogen) atoms. The van der Waals surface area contributed by atoms with Crippen molar-refractivity contribution < 1.29 is 0 Å². The Kier molecular flexibility index (Phi) is 2.43. The summed E-state index contributed by atoms with van der Waals surface area (Å²) in [6.07, 6.45) is 2.27. The fraction of sp³-hybridized carbons (Fsp3) is 0.238. The molecular formula is C21H19N. The predicted octanol–water partition coefficient (Wildman–Crippen LogP) is 4.79. The number of fused-ring (bicyclic) bond motifs is 6. The molecule has 0 unspecified atom stereocenters. The van der Waals surface area contributed by atoms with Crippen LogP contribution in [0.5, 0.6) is 0 Å². The van der Waals surface area contributed by atoms with Crippen LogP contribution in [-0.2, 0) is 12.8 Å². The van der Waals surface area contributed by atoms with Crippen LogP contribution in [0.15, 0.2) is 48.5 Å². The number of hydrogen-bond donors (Lipinski definition) is 0. The first-order valence-corrected chi connectivity index (χ1v) is 8.27. The van der Waals surface area contributed by atoms with Crippen LogP contribution < -0.4 is 4.90 Å². The second-order valence-electron chi connectivity index (χ2n) is 6.46. The van der Waals surface area contributed by atoms with E-state index in [9.17, 15) is 0 Å². The number of nitrogens with zero attached hydrogens (tertiary/aromatic N) is 1. The van der Waals surface area contributed by atoms with Crippen LogP contribution in [-0.4, -0.2) is 13.1 Å². The molecule has 0 fully saturated rings. The van der Waals surface area contributed by atoms with Gasteiger partial charge in [-0.05, 0) is 70.5 Å². The second kappa shape index (κ2) is 4.36. The van der Waals surface area contributed by atoms with Gasteiger partial charge in [-0.15, -0.1) is 0 Å². The Morgan fingerprint density at radius 3 is 2.77 bits per heavy atom. The highest BCUT2D eigenvalue weighted by Gasteiger charge is 2.23. The van der Waals surface area contributed by atoms with E-state index in [2.05, 4.69) is 60.4 Å². The maximum absolute atomic E-state index is 2.50. The average Bonchev–Trinajstić information content (AvgIpc) is 3.13. The summed E-state index contributed by atoms with van der Waals surface area (Å²) in [4.78, 5) is 2.50. The van der Waals surface area contributed by atoms with Gasteiger partial charge in [-0.1, -0.05) is 36.4 Å². The minimum Gasteiger partial charge on any atom is -0.371 e. The smallest absolute Gasteiger partial charge is 0.0405 e. The van der Waals surface area contributed by atoms with E-state index in [4.69, 9.17) is 0 Å². The molecule has 0 spiro atoms. The summed E-state index contributed by atoms with van der Waals surface area (Å²) < 4.78 is 0. The van der Waals surface area contributed by atoms with Gasteiger partial charge in [0, 0.05) is 18.8 Å². The summed E-state index contributed by atoms with van der Waals surface area (Å²) in [7, 11) is 0. The van der Waals surface area contributed by atoms with Crippen LogP contribution >= 0.6 is 0 Å². The van der Waals surface area contributed by atoms with E-state index in [1.807, 2.05) is 0 Å². The summed E-state index contributed by atoms with van der Waals surface area (Å²) in [5.41, 5.74) is 8.84. The monoisotopic (exact) mass is 285 g/mol. The zero-order chi connectivity index (χ0) is 14.7. The third kappa shape index (κ3) is 1.54. The normalized spacial score (nSPS) is 15.0. The Morgan fingerprint density at radius 2 is 1.86 bits per heavy atom. The number of rotatable bonds is 1. The second-order valence-corrected chi connectivity index (χ2v) is 6.46. The first-order chi connectivity index (χ1) is 10.8. The molecule has 0 saturated carbocycles. The molecule has 0 aromatic heterocycles. The molecule has 0 radical (unpaired) electrons. The Balaban J connectivity index is 1.77. The largest absolute Gasteiger partial charge is 0.371 e. The third-order valence-corrected chi connectivity index (χ3v) is 5.38. The molecular weight excluding hydrogens is 266 g/mol. The lowest BCUT2D eigenvalue weighted by atomic mass is 9.96. The van der Waals surface area contributed by atoms with E-state index in [0.29, 0.717) is 0 Å². The lowest BCUT2D eigenvalue weighted by Gasteiger charge is -2.17. The third-order valence-electron chi connectivity index (χ3n) is 5.38. The quantitative estimate of drug-likeness (QED) is 0.486. The summed E-state index contributed by atoms with van der Waals surface area (Å²) in [6, 6.07) is 18.3. The molecule has 0 saturated heterocycles. The molecule has 5 rings (SSSR count). The van der Waals surface area contributed by atoms with E-state index in [-0.39, 0.29) is 0 Å². The van der Waals surface area contributed by atoms with Crippen molar-refractivity contribution in [2.75, 3.05) is 18.0 Å². The number of hydrogen-bond acceptors (Lipinski definition) is 1. The summed E-state index contributed by atoms with van der Waals surface area (Å²) in [5, 5.41) is 2.86. The number of likely N-dealkylation sites (N-methyl/N-ethyl adjacent to an activating group) is 1. The maximum Gasteiger partial charge on any atom is 0.0405 e. The van der Waals surface area contributed by atoms with E-state index < -0.39 is 0 Å². The molecule has 1 aliphatic carbocycles. The zero-order valence-corrected chi connectivity index (χ0v) is 12.9. The van der Waals surface area contributed by atoms with Crippen LogP contribution in [0.2, 0.25) is 0 Å². The minimum atomic E-state index is 1.08. The first kappa shape index (κ1) is 12.3. The maximum atomic E-state index is 2.50. The molecule has 1 aliphatic heterocycles. The van der Waals surface area contributed by atoms with Gasteiger partial charge >= 0.3 is 0 Å². The SMILES string of the molecule is CCN1CCc2cc3c4c(ccc3cc21)-c1ccccc1C4. The van der Waals surface area contributed by atoms with Crippen LogP contribution in [0, 0.1) is 0 Å². The molecule has 108 valence electrons. The molecule has 0 amide bonds. The molecule has 1 nitrogen and oxygen atoms in total. The highest BCUT2D eigenvalue weighted by molar-refractivity contribution is 5.97. The van der Waals surface area contributed by atoms with Crippen molar-refractivity contribution in [1.29, 1.82) is 0 Å². The lowest BCUT2D eigenvalue weighted by molar-refractivity contribution is 0.868. The predicted molar refractivity (Wildman–Crippen MR) is 93.8 cm³/mol. The van der Waals surface area contributed by atoms with Crippen molar-refractivity contribution in [3.05, 3.63) is 65.2 Å². The van der Waals surface area contributed by atoms with Gasteiger partial charge in [-0.25, -0.2) is 0 Å². The van der Waals surface area contributed by atoms with Crippen molar-refractivity contribution in [2.24, 2.45) is 0 Å². The van der Waals surface area contributed by atoms with Crippen LogP contribution in [0.25, 0.3) is 21.9 Å². The van der Waals surface area contributed by atoms with Gasteiger partial charge in [0.1, 0.15) is 0 Å². The lowest BCUT2D eigenvalue weighted by Crippen LogP contribution is -2.19. The van der Waals surface area contributed by atoms with E-state index in [0.717, 1.165) is 13.0 Å². The number of anilines is 1. The summed E-state index contributed by atoms with van der Waals surface area (Å²) >= 11 is 0. The molecule has 3 aromatic rings. The molecule has 0 bridgehead atoms. The highest BCUT2D eigenvalue weighted by atomic mass is 15.1. The van der Waals surface area contributed by atoms with Crippen molar-refractivity contribution in [3.8, 4) is 11.1 Å². The van der Waals surface area contributed by atoms with Crippen molar-refractivity contribution in [1.82, 2.24) is 0 Å². The topological polar surface area (TPSA) is 3.24 Å². The molecule has 3 aromatic carbocycles. The van der Waals surface area contributed by atoms with Crippen molar-refractivity contribution >= 4 is 16.5 Å². The first-order valence-electron chi connectivity index (χ1n) is 8.27. The van der Waals surface area contributed by atoms with Gasteiger partial charge in [0.05, 0.1) is 0 Å². The van der Waals surface area contributed by atoms with Gasteiger partial charge in [0.15, 0.2) is 0 Å². The van der Waals surface area contributed by atoms with Crippen molar-refractivity contribution in [2.45, 2.75) is 19.8 Å². The Bertz CT molecular complexity index is 907. The summed E-state index contributed by atoms with van der Waals surface area (Å²) in [5.74, 6) is 0. The average molecular weight is 285 g/mol. The van der Waals surface area contributed by atoms with Gasteiger partial charge < -0.3 is 4.90 Å². The molecule has 2 aliphatic rings. The van der Waals surface area contributed by atoms with E-state index in [1.165, 1.54) is 57.2 Å². The standard InChI is InChI=1S/C21H19N/c1-2-22-10-9-16-12-19-15(13-21(16)22)7-8-18-17-6-4-3-5-14(17)11-20(18)19/h3-8,12-13H,2,9-11H2,1H3. The Morgan fingerprint density at radius 1 is 0.955 bits per heavy atom. The van der Waals surface area contributed by atoms with Gasteiger partial charge in [-0.3, -0.25) is 0 Å². The van der Waals surface area contributed by atoms with Crippen LogP contribution in [0.3, 0.4) is 0 Å².